The van der Waals surface area contributed by atoms with Crippen molar-refractivity contribution in [3.05, 3.63) is 17.6 Å². The van der Waals surface area contributed by atoms with Gasteiger partial charge in [0.15, 0.2) is 0 Å². The minimum atomic E-state index is -1.06. The van der Waals surface area contributed by atoms with Gasteiger partial charge in [0.1, 0.15) is 17.0 Å². The standard InChI is InChI=1S/C19H30BFN4O4/c1-17(2,3)27-16(26)24-9-13(10-24)11-25-12-14(22-23-25)8-15(21)20-28-18(4,5)19(6,7)29-20/h8,12-13H,9-11H2,1-7H3. The number of ether oxygens (including phenoxy) is 1. The summed E-state index contributed by atoms with van der Waals surface area (Å²) in [5, 5.41) is 8.04. The Balaban J connectivity index is 1.52. The highest BCUT2D eigenvalue weighted by atomic mass is 19.1. The van der Waals surface area contributed by atoms with Crippen LogP contribution < -0.4 is 0 Å². The molecule has 2 fully saturated rings. The molecule has 0 unspecified atom stereocenters. The molecule has 0 aromatic carbocycles. The molecule has 3 rings (SSSR count). The summed E-state index contributed by atoms with van der Waals surface area (Å²) in [6.45, 7) is 14.8. The van der Waals surface area contributed by atoms with Crippen LogP contribution in [0.3, 0.4) is 0 Å². The van der Waals surface area contributed by atoms with Crippen LogP contribution >= 0.6 is 0 Å². The molecule has 0 N–H and O–H groups in total. The lowest BCUT2D eigenvalue weighted by molar-refractivity contribution is -0.00390. The first-order valence-electron chi connectivity index (χ1n) is 9.86. The Morgan fingerprint density at radius 3 is 2.45 bits per heavy atom. The smallest absolute Gasteiger partial charge is 0.444 e. The third-order valence-electron chi connectivity index (χ3n) is 5.37. The van der Waals surface area contributed by atoms with E-state index in [4.69, 9.17) is 14.0 Å². The lowest BCUT2D eigenvalue weighted by atomic mass is 9.87. The van der Waals surface area contributed by atoms with Gasteiger partial charge >= 0.3 is 13.2 Å². The molecule has 3 heterocycles. The summed E-state index contributed by atoms with van der Waals surface area (Å²) in [7, 11) is -1.06. The van der Waals surface area contributed by atoms with Gasteiger partial charge in [-0.1, -0.05) is 5.21 Å². The van der Waals surface area contributed by atoms with Crippen LogP contribution in [0.5, 0.6) is 0 Å². The van der Waals surface area contributed by atoms with Gasteiger partial charge in [0.05, 0.1) is 17.4 Å². The number of hydrogen-bond donors (Lipinski definition) is 0. The number of halogens is 1. The SMILES string of the molecule is CC(C)(C)OC(=O)N1CC(Cn2cc(C=C(F)B3OC(C)(C)C(C)(C)O3)nn2)C1. The third-order valence-corrected chi connectivity index (χ3v) is 5.37. The van der Waals surface area contributed by atoms with Crippen molar-refractivity contribution < 1.29 is 23.2 Å². The Bertz CT molecular complexity index is 780. The molecular weight excluding hydrogens is 378 g/mol. The summed E-state index contributed by atoms with van der Waals surface area (Å²) in [5.41, 5.74) is -1.87. The molecule has 2 aliphatic rings. The van der Waals surface area contributed by atoms with Gasteiger partial charge in [-0.15, -0.1) is 5.10 Å². The molecule has 160 valence electrons. The van der Waals surface area contributed by atoms with Crippen LogP contribution in [0.25, 0.3) is 6.08 Å². The van der Waals surface area contributed by atoms with Crippen molar-refractivity contribution in [1.82, 2.24) is 19.9 Å². The number of carbonyl (C=O) groups is 1. The molecule has 10 heteroatoms. The number of carbonyl (C=O) groups excluding carboxylic acids is 1. The first-order valence-corrected chi connectivity index (χ1v) is 9.86. The molecule has 0 aliphatic carbocycles. The van der Waals surface area contributed by atoms with Crippen LogP contribution in [0.4, 0.5) is 9.18 Å². The molecule has 2 aliphatic heterocycles. The van der Waals surface area contributed by atoms with E-state index in [0.29, 0.717) is 25.3 Å². The predicted octanol–water partition coefficient (Wildman–Crippen LogP) is 3.09. The van der Waals surface area contributed by atoms with E-state index < -0.39 is 29.6 Å². The molecule has 0 radical (unpaired) electrons. The summed E-state index contributed by atoms with van der Waals surface area (Å²) in [5.74, 6) is 0.258. The molecule has 0 bridgehead atoms. The van der Waals surface area contributed by atoms with E-state index in [1.165, 1.54) is 6.08 Å². The van der Waals surface area contributed by atoms with Gasteiger partial charge in [-0.25, -0.2) is 9.18 Å². The van der Waals surface area contributed by atoms with E-state index in [-0.39, 0.29) is 12.0 Å². The van der Waals surface area contributed by atoms with Gasteiger partial charge in [-0.05, 0) is 54.5 Å². The molecule has 0 spiro atoms. The maximum absolute atomic E-state index is 14.6. The predicted molar refractivity (Wildman–Crippen MR) is 106 cm³/mol. The Hall–Kier alpha value is -1.94. The van der Waals surface area contributed by atoms with Crippen LogP contribution in [0.1, 0.15) is 54.2 Å². The molecule has 2 saturated heterocycles. The fourth-order valence-electron chi connectivity index (χ4n) is 3.06. The third kappa shape index (κ3) is 4.98. The molecular formula is C19H30BFN4O4. The average Bonchev–Trinajstić information content (AvgIpc) is 3.02. The molecule has 1 aromatic rings. The lowest BCUT2D eigenvalue weighted by Gasteiger charge is -2.39. The Morgan fingerprint density at radius 1 is 1.31 bits per heavy atom. The summed E-state index contributed by atoms with van der Waals surface area (Å²) in [6.07, 6.45) is 2.64. The molecule has 1 aromatic heterocycles. The van der Waals surface area contributed by atoms with E-state index >= 15 is 0 Å². The van der Waals surface area contributed by atoms with Crippen LogP contribution in [0, 0.1) is 5.92 Å². The van der Waals surface area contributed by atoms with Gasteiger partial charge in [0, 0.05) is 25.6 Å². The molecule has 0 atom stereocenters. The highest BCUT2D eigenvalue weighted by molar-refractivity contribution is 6.54. The maximum atomic E-state index is 14.6. The minimum absolute atomic E-state index is 0.258. The van der Waals surface area contributed by atoms with Gasteiger partial charge in [0.25, 0.3) is 0 Å². The van der Waals surface area contributed by atoms with Gasteiger partial charge < -0.3 is 18.9 Å². The summed E-state index contributed by atoms with van der Waals surface area (Å²) in [6, 6.07) is 0. The molecule has 8 nitrogen and oxygen atoms in total. The van der Waals surface area contributed by atoms with Crippen molar-refractivity contribution >= 4 is 19.3 Å². The number of amides is 1. The van der Waals surface area contributed by atoms with Gasteiger partial charge in [0.2, 0.25) is 0 Å². The van der Waals surface area contributed by atoms with Crippen molar-refractivity contribution in [2.75, 3.05) is 13.1 Å². The molecule has 1 amide bonds. The van der Waals surface area contributed by atoms with Crippen molar-refractivity contribution in [2.45, 2.75) is 71.8 Å². The van der Waals surface area contributed by atoms with Gasteiger partial charge in [-0.2, -0.15) is 0 Å². The lowest BCUT2D eigenvalue weighted by Crippen LogP contribution is -2.52. The summed E-state index contributed by atoms with van der Waals surface area (Å²) < 4.78 is 33.0. The highest BCUT2D eigenvalue weighted by Gasteiger charge is 2.53. The van der Waals surface area contributed by atoms with Crippen molar-refractivity contribution in [1.29, 1.82) is 0 Å². The first kappa shape index (κ1) is 21.8. The fraction of sp³-hybridized carbons (Fsp3) is 0.737. The first-order chi connectivity index (χ1) is 13.3. The Labute approximate surface area is 171 Å². The Kier molecular flexibility index (Phi) is 5.55. The quantitative estimate of drug-likeness (QED) is 0.713. The summed E-state index contributed by atoms with van der Waals surface area (Å²) in [4.78, 5) is 13.6. The number of aromatic nitrogens is 3. The highest BCUT2D eigenvalue weighted by Crippen LogP contribution is 2.39. The van der Waals surface area contributed by atoms with Crippen LogP contribution in [0.15, 0.2) is 11.9 Å². The van der Waals surface area contributed by atoms with Crippen molar-refractivity contribution in [3.8, 4) is 0 Å². The van der Waals surface area contributed by atoms with E-state index in [9.17, 15) is 9.18 Å². The Morgan fingerprint density at radius 2 is 1.90 bits per heavy atom. The van der Waals surface area contributed by atoms with Crippen LogP contribution in [0.2, 0.25) is 0 Å². The van der Waals surface area contributed by atoms with E-state index in [1.54, 1.807) is 15.8 Å². The summed E-state index contributed by atoms with van der Waals surface area (Å²) >= 11 is 0. The fourth-order valence-corrected chi connectivity index (χ4v) is 3.06. The second kappa shape index (κ2) is 7.39. The van der Waals surface area contributed by atoms with Crippen molar-refractivity contribution in [2.24, 2.45) is 5.92 Å². The monoisotopic (exact) mass is 408 g/mol. The van der Waals surface area contributed by atoms with Crippen LogP contribution in [-0.2, 0) is 20.6 Å². The minimum Gasteiger partial charge on any atom is -0.444 e. The van der Waals surface area contributed by atoms with E-state index in [2.05, 4.69) is 10.3 Å². The number of nitrogens with zero attached hydrogens (tertiary/aromatic N) is 4. The maximum Gasteiger partial charge on any atom is 0.525 e. The van der Waals surface area contributed by atoms with Gasteiger partial charge in [-0.3, -0.25) is 4.68 Å². The zero-order chi connectivity index (χ0) is 21.6. The molecule has 29 heavy (non-hydrogen) atoms. The van der Waals surface area contributed by atoms with E-state index in [1.807, 2.05) is 48.5 Å². The zero-order valence-electron chi connectivity index (χ0n) is 18.2. The van der Waals surface area contributed by atoms with E-state index in [0.717, 1.165) is 0 Å². The second-order valence-electron chi connectivity index (χ2n) is 9.73. The number of rotatable bonds is 4. The molecule has 0 saturated carbocycles. The average molecular weight is 408 g/mol. The normalized spacial score (nSPS) is 22.0. The second-order valence-corrected chi connectivity index (χ2v) is 9.73. The largest absolute Gasteiger partial charge is 0.525 e. The van der Waals surface area contributed by atoms with Crippen LogP contribution in [-0.4, -0.2) is 63.0 Å². The zero-order valence-corrected chi connectivity index (χ0v) is 18.2. The number of likely N-dealkylation sites (tertiary alicyclic amines) is 1. The number of hydrogen-bond acceptors (Lipinski definition) is 6. The topological polar surface area (TPSA) is 78.7 Å². The van der Waals surface area contributed by atoms with Crippen molar-refractivity contribution in [3.63, 3.8) is 0 Å².